The van der Waals surface area contributed by atoms with Crippen molar-refractivity contribution in [3.63, 3.8) is 0 Å². The number of carbonyl (C=O) groups is 2. The molecule has 2 atom stereocenters. The van der Waals surface area contributed by atoms with Gasteiger partial charge in [0.25, 0.3) is 5.91 Å². The Hall–Kier alpha value is -3.09. The van der Waals surface area contributed by atoms with Gasteiger partial charge < -0.3 is 9.74 Å². The summed E-state index contributed by atoms with van der Waals surface area (Å²) in [5, 5.41) is 7.55. The molecule has 0 bridgehead atoms. The van der Waals surface area contributed by atoms with E-state index in [4.69, 9.17) is 10.4 Å². The Morgan fingerprint density at radius 2 is 2.11 bits per heavy atom. The van der Waals surface area contributed by atoms with Gasteiger partial charge in [0.05, 0.1) is 18.3 Å². The molecule has 27 heavy (non-hydrogen) atoms. The number of oxime groups is 1. The Bertz CT molecular complexity index is 844. The molecule has 2 heterocycles. The number of amides is 1. The van der Waals surface area contributed by atoms with Crippen molar-refractivity contribution < 1.29 is 14.4 Å². The first-order valence-electron chi connectivity index (χ1n) is 8.82. The van der Waals surface area contributed by atoms with Gasteiger partial charge in [0, 0.05) is 12.8 Å². The Balaban J connectivity index is 1.83. The number of ketones is 1. The van der Waals surface area contributed by atoms with Crippen LogP contribution in [0.15, 0.2) is 64.5 Å². The van der Waals surface area contributed by atoms with E-state index in [-0.39, 0.29) is 18.0 Å². The van der Waals surface area contributed by atoms with Crippen LogP contribution in [0.4, 0.5) is 0 Å². The number of benzene rings is 1. The van der Waals surface area contributed by atoms with Crippen LogP contribution in [-0.4, -0.2) is 40.5 Å². The smallest absolute Gasteiger partial charge is 0.275 e. The van der Waals surface area contributed by atoms with Crippen molar-refractivity contribution in [3.8, 4) is 0 Å². The van der Waals surface area contributed by atoms with Crippen LogP contribution in [0.2, 0.25) is 0 Å². The lowest BCUT2D eigenvalue weighted by atomic mass is 9.91. The highest BCUT2D eigenvalue weighted by Crippen LogP contribution is 2.39. The fourth-order valence-electron chi connectivity index (χ4n) is 3.52. The molecule has 7 heteroatoms. The first-order chi connectivity index (χ1) is 13.0. The normalized spacial score (nSPS) is 25.0. The zero-order chi connectivity index (χ0) is 19.4. The number of rotatable bonds is 5. The molecule has 7 nitrogen and oxygen atoms in total. The highest BCUT2D eigenvalue weighted by Gasteiger charge is 2.53. The Morgan fingerprint density at radius 1 is 1.37 bits per heavy atom. The van der Waals surface area contributed by atoms with Crippen molar-refractivity contribution in [2.75, 3.05) is 6.54 Å². The van der Waals surface area contributed by atoms with Crippen LogP contribution in [0.5, 0.6) is 0 Å². The fourth-order valence-corrected chi connectivity index (χ4v) is 3.52. The van der Waals surface area contributed by atoms with Crippen LogP contribution in [-0.2, 0) is 14.4 Å². The predicted molar refractivity (Wildman–Crippen MR) is 100 cm³/mol. The van der Waals surface area contributed by atoms with Crippen LogP contribution in [0, 0.1) is 5.53 Å². The topological polar surface area (TPSA) is 95.2 Å². The molecule has 1 aromatic carbocycles. The number of carbonyl (C=O) groups excluding carboxylic acids is 2. The summed E-state index contributed by atoms with van der Waals surface area (Å²) in [5.74, 6) is -0.565. The summed E-state index contributed by atoms with van der Waals surface area (Å²) >= 11 is 0. The first kappa shape index (κ1) is 18.7. The summed E-state index contributed by atoms with van der Waals surface area (Å²) < 4.78 is 0. The molecule has 0 radical (unpaired) electrons. The third-order valence-electron chi connectivity index (χ3n) is 4.86. The molecule has 1 saturated heterocycles. The Morgan fingerprint density at radius 3 is 2.74 bits per heavy atom. The molecule has 1 fully saturated rings. The van der Waals surface area contributed by atoms with E-state index in [1.54, 1.807) is 19.1 Å². The maximum absolute atomic E-state index is 12.9. The number of Topliss-reactive ketones (excluding diaryl/α,β-unsaturated/α-hetero) is 1. The molecule has 1 aromatic rings. The highest BCUT2D eigenvalue weighted by atomic mass is 16.7. The number of allylic oxidation sites excluding steroid dienone is 3. The van der Waals surface area contributed by atoms with Gasteiger partial charge in [-0.25, -0.2) is 5.53 Å². The lowest BCUT2D eigenvalue weighted by Gasteiger charge is -2.23. The molecule has 1 N–H and O–H groups in total. The van der Waals surface area contributed by atoms with Gasteiger partial charge in [-0.2, -0.15) is 5.11 Å². The van der Waals surface area contributed by atoms with Crippen LogP contribution < -0.4 is 0 Å². The first-order valence-corrected chi connectivity index (χ1v) is 8.82. The summed E-state index contributed by atoms with van der Waals surface area (Å²) in [6, 6.07) is 9.09. The molecule has 1 unspecified atom stereocenters. The van der Waals surface area contributed by atoms with Crippen molar-refractivity contribution in [3.05, 3.63) is 59.8 Å². The summed E-state index contributed by atoms with van der Waals surface area (Å²) in [7, 11) is 0. The maximum atomic E-state index is 12.9. The standard InChI is InChI=1S/C20H22N4O3/c1-3-4-10-16(22-21)19(26)24-13-20(12-18(24)14(2)25)11-17(23-27-20)15-8-6-5-7-9-15/h3-10,18,21H,11-13H2,1-2H3/b4-3-,16-10-,22-21?/t18-,20?/m0/s1. The van der Waals surface area contributed by atoms with Gasteiger partial charge in [-0.05, 0) is 25.5 Å². The second-order valence-corrected chi connectivity index (χ2v) is 6.81. The van der Waals surface area contributed by atoms with E-state index >= 15 is 0 Å². The molecule has 0 aliphatic carbocycles. The van der Waals surface area contributed by atoms with Gasteiger partial charge in [-0.1, -0.05) is 47.6 Å². The zero-order valence-corrected chi connectivity index (χ0v) is 15.4. The van der Waals surface area contributed by atoms with E-state index in [0.717, 1.165) is 11.3 Å². The SMILES string of the molecule is C/C=C\C=C(/N=N)C(=O)N1CC2(CC(c3ccccc3)=NO2)C[C@H]1C(C)=O. The van der Waals surface area contributed by atoms with Crippen molar-refractivity contribution in [1.82, 2.24) is 4.90 Å². The van der Waals surface area contributed by atoms with Gasteiger partial charge in [0.2, 0.25) is 0 Å². The average Bonchev–Trinajstić information content (AvgIpc) is 3.27. The van der Waals surface area contributed by atoms with Gasteiger partial charge in [-0.15, -0.1) is 0 Å². The molecular formula is C20H22N4O3. The largest absolute Gasteiger partial charge is 0.387 e. The summed E-state index contributed by atoms with van der Waals surface area (Å²) in [5.41, 5.74) is 8.33. The number of hydrogen-bond acceptors (Lipinski definition) is 6. The van der Waals surface area contributed by atoms with Crippen LogP contribution >= 0.6 is 0 Å². The molecule has 0 saturated carbocycles. The number of hydrogen-bond donors (Lipinski definition) is 1. The third-order valence-corrected chi connectivity index (χ3v) is 4.86. The number of nitrogens with one attached hydrogen (secondary N) is 1. The van der Waals surface area contributed by atoms with Gasteiger partial charge in [-0.3, -0.25) is 9.59 Å². The minimum atomic E-state index is -0.717. The van der Waals surface area contributed by atoms with Crippen molar-refractivity contribution in [2.24, 2.45) is 10.3 Å². The van der Waals surface area contributed by atoms with Crippen LogP contribution in [0.3, 0.4) is 0 Å². The fraction of sp³-hybridized carbons (Fsp3) is 0.350. The van der Waals surface area contributed by atoms with Crippen molar-refractivity contribution in [2.45, 2.75) is 38.3 Å². The van der Waals surface area contributed by atoms with Gasteiger partial charge >= 0.3 is 0 Å². The highest BCUT2D eigenvalue weighted by molar-refractivity contribution is 6.02. The maximum Gasteiger partial charge on any atom is 0.275 e. The Labute approximate surface area is 157 Å². The van der Waals surface area contributed by atoms with E-state index in [2.05, 4.69) is 10.3 Å². The zero-order valence-electron chi connectivity index (χ0n) is 15.4. The second kappa shape index (κ2) is 7.65. The van der Waals surface area contributed by atoms with E-state index in [0.29, 0.717) is 12.8 Å². The van der Waals surface area contributed by atoms with E-state index in [9.17, 15) is 9.59 Å². The van der Waals surface area contributed by atoms with Crippen LogP contribution in [0.25, 0.3) is 0 Å². The molecule has 2 aliphatic heterocycles. The molecule has 0 aromatic heterocycles. The summed E-state index contributed by atoms with van der Waals surface area (Å²) in [6.07, 6.45) is 5.76. The van der Waals surface area contributed by atoms with E-state index in [1.807, 2.05) is 30.3 Å². The van der Waals surface area contributed by atoms with E-state index < -0.39 is 17.6 Å². The molecule has 2 aliphatic rings. The minimum absolute atomic E-state index is 0.0152. The summed E-state index contributed by atoms with van der Waals surface area (Å²) in [6.45, 7) is 3.50. The number of nitrogens with zero attached hydrogens (tertiary/aromatic N) is 3. The van der Waals surface area contributed by atoms with Crippen molar-refractivity contribution in [1.29, 1.82) is 5.53 Å². The minimum Gasteiger partial charge on any atom is -0.387 e. The molecule has 1 spiro atoms. The Kier molecular flexibility index (Phi) is 5.30. The van der Waals surface area contributed by atoms with E-state index in [1.165, 1.54) is 17.9 Å². The quantitative estimate of drug-likeness (QED) is 0.492. The van der Waals surface area contributed by atoms with Gasteiger partial charge in [0.1, 0.15) is 5.70 Å². The molecular weight excluding hydrogens is 344 g/mol. The molecule has 140 valence electrons. The second-order valence-electron chi connectivity index (χ2n) is 6.81. The lowest BCUT2D eigenvalue weighted by molar-refractivity contribution is -0.134. The predicted octanol–water partition coefficient (Wildman–Crippen LogP) is 3.23. The monoisotopic (exact) mass is 366 g/mol. The average molecular weight is 366 g/mol. The van der Waals surface area contributed by atoms with Gasteiger partial charge in [0.15, 0.2) is 11.4 Å². The summed E-state index contributed by atoms with van der Waals surface area (Å²) in [4.78, 5) is 32.2. The van der Waals surface area contributed by atoms with Crippen LogP contribution in [0.1, 0.15) is 32.3 Å². The molecule has 3 rings (SSSR count). The lowest BCUT2D eigenvalue weighted by Crippen LogP contribution is -2.41. The number of likely N-dealkylation sites (tertiary alicyclic amines) is 1. The molecule has 1 amide bonds. The third kappa shape index (κ3) is 3.72. The van der Waals surface area contributed by atoms with Crippen molar-refractivity contribution >= 4 is 17.4 Å².